The van der Waals surface area contributed by atoms with E-state index in [0.29, 0.717) is 12.8 Å². The summed E-state index contributed by atoms with van der Waals surface area (Å²) >= 11 is 0. The minimum absolute atomic E-state index is 0.0688. The quantitative estimate of drug-likeness (QED) is 0.765. The molecule has 0 aromatic carbocycles. The molecule has 0 aromatic heterocycles. The van der Waals surface area contributed by atoms with Crippen molar-refractivity contribution in [1.29, 1.82) is 0 Å². The molecule has 2 unspecified atom stereocenters. The van der Waals surface area contributed by atoms with Gasteiger partial charge in [-0.1, -0.05) is 40.0 Å². The fraction of sp³-hybridized carbons (Fsp3) is 0.933. The lowest BCUT2D eigenvalue weighted by Crippen LogP contribution is -2.46. The van der Waals surface area contributed by atoms with Gasteiger partial charge in [-0.2, -0.15) is 0 Å². The molecular weight excluding hydrogens is 228 g/mol. The Morgan fingerprint density at radius 2 is 1.83 bits per heavy atom. The topological polar surface area (TPSA) is 57.5 Å². The van der Waals surface area contributed by atoms with Crippen LogP contribution < -0.4 is 0 Å². The van der Waals surface area contributed by atoms with Gasteiger partial charge in [0.2, 0.25) is 0 Å². The first-order chi connectivity index (χ1) is 8.45. The number of carbonyl (C=O) groups is 1. The van der Waals surface area contributed by atoms with Crippen LogP contribution in [-0.4, -0.2) is 22.3 Å². The third-order valence-electron chi connectivity index (χ3n) is 4.81. The molecule has 0 spiro atoms. The van der Waals surface area contributed by atoms with Crippen LogP contribution in [0.2, 0.25) is 0 Å². The van der Waals surface area contributed by atoms with Crippen LogP contribution in [-0.2, 0) is 4.79 Å². The minimum atomic E-state index is -0.740. The molecule has 106 valence electrons. The molecule has 1 aliphatic carbocycles. The maximum Gasteiger partial charge on any atom is 0.310 e. The van der Waals surface area contributed by atoms with Gasteiger partial charge in [-0.25, -0.2) is 0 Å². The summed E-state index contributed by atoms with van der Waals surface area (Å²) in [5.41, 5.74) is -0.740. The van der Waals surface area contributed by atoms with Gasteiger partial charge in [0, 0.05) is 0 Å². The number of hydrogen-bond donors (Lipinski definition) is 2. The zero-order valence-corrected chi connectivity index (χ0v) is 12.0. The van der Waals surface area contributed by atoms with Crippen molar-refractivity contribution in [1.82, 2.24) is 0 Å². The molecule has 3 nitrogen and oxygen atoms in total. The normalized spacial score (nSPS) is 22.7. The first-order valence-corrected chi connectivity index (χ1v) is 7.36. The monoisotopic (exact) mass is 256 g/mol. The molecule has 0 bridgehead atoms. The summed E-state index contributed by atoms with van der Waals surface area (Å²) in [6, 6.07) is 0. The van der Waals surface area contributed by atoms with E-state index in [1.54, 1.807) is 0 Å². The summed E-state index contributed by atoms with van der Waals surface area (Å²) < 4.78 is 0. The Labute approximate surface area is 111 Å². The van der Waals surface area contributed by atoms with Crippen molar-refractivity contribution in [2.45, 2.75) is 71.8 Å². The molecule has 0 heterocycles. The van der Waals surface area contributed by atoms with Crippen molar-refractivity contribution in [3.8, 4) is 0 Å². The van der Waals surface area contributed by atoms with E-state index in [9.17, 15) is 15.0 Å². The lowest BCUT2D eigenvalue weighted by atomic mass is 9.60. The van der Waals surface area contributed by atoms with E-state index in [0.717, 1.165) is 25.7 Å². The summed E-state index contributed by atoms with van der Waals surface area (Å²) in [5.74, 6) is -0.416. The van der Waals surface area contributed by atoms with E-state index in [4.69, 9.17) is 0 Å². The summed E-state index contributed by atoms with van der Waals surface area (Å²) in [6.07, 6.45) is 6.03. The van der Waals surface area contributed by atoms with Crippen LogP contribution in [0.25, 0.3) is 0 Å². The Hall–Kier alpha value is -0.570. The Kier molecular flexibility index (Phi) is 5.64. The predicted molar refractivity (Wildman–Crippen MR) is 72.4 cm³/mol. The van der Waals surface area contributed by atoms with Gasteiger partial charge >= 0.3 is 5.97 Å². The lowest BCUT2D eigenvalue weighted by molar-refractivity contribution is -0.161. The molecule has 2 atom stereocenters. The molecule has 1 rings (SSSR count). The number of rotatable bonds is 6. The molecule has 0 aliphatic heterocycles. The molecule has 1 saturated carbocycles. The van der Waals surface area contributed by atoms with Gasteiger partial charge in [0.25, 0.3) is 0 Å². The fourth-order valence-corrected chi connectivity index (χ4v) is 3.53. The Bertz CT molecular complexity index is 269. The van der Waals surface area contributed by atoms with Crippen molar-refractivity contribution in [2.24, 2.45) is 17.3 Å². The zero-order valence-electron chi connectivity index (χ0n) is 12.0. The molecule has 2 N–H and O–H groups in total. The Balaban J connectivity index is 2.99. The van der Waals surface area contributed by atoms with E-state index in [1.807, 2.05) is 20.8 Å². The number of aliphatic hydroxyl groups excluding tert-OH is 1. The second-order valence-corrected chi connectivity index (χ2v) is 6.10. The minimum Gasteiger partial charge on any atom is -0.481 e. The van der Waals surface area contributed by atoms with Gasteiger partial charge in [0.1, 0.15) is 0 Å². The molecule has 18 heavy (non-hydrogen) atoms. The standard InChI is InChI=1S/C15H28O3/c1-4-13(16)10-15(11(2)3,14(17)18)12-8-6-5-7-9-12/h11-13,16H,4-10H2,1-3H3,(H,17,18). The van der Waals surface area contributed by atoms with Gasteiger partial charge < -0.3 is 10.2 Å². The number of hydrogen-bond acceptors (Lipinski definition) is 2. The number of carboxylic acids is 1. The summed E-state index contributed by atoms with van der Waals surface area (Å²) in [7, 11) is 0. The van der Waals surface area contributed by atoms with Crippen molar-refractivity contribution in [3.05, 3.63) is 0 Å². The molecule has 1 fully saturated rings. The third-order valence-corrected chi connectivity index (χ3v) is 4.81. The van der Waals surface area contributed by atoms with Crippen molar-refractivity contribution >= 4 is 5.97 Å². The van der Waals surface area contributed by atoms with Crippen LogP contribution in [0.1, 0.15) is 65.7 Å². The molecule has 0 amide bonds. The highest BCUT2D eigenvalue weighted by molar-refractivity contribution is 5.75. The molecule has 1 aliphatic rings. The SMILES string of the molecule is CCC(O)CC(C(=O)O)(C(C)C)C1CCCCC1. The lowest BCUT2D eigenvalue weighted by Gasteiger charge is -2.43. The van der Waals surface area contributed by atoms with Crippen molar-refractivity contribution in [3.63, 3.8) is 0 Å². The molecule has 0 saturated heterocycles. The van der Waals surface area contributed by atoms with Crippen molar-refractivity contribution in [2.75, 3.05) is 0 Å². The van der Waals surface area contributed by atoms with E-state index < -0.39 is 17.5 Å². The zero-order chi connectivity index (χ0) is 13.8. The van der Waals surface area contributed by atoms with Crippen LogP contribution in [0.15, 0.2) is 0 Å². The summed E-state index contributed by atoms with van der Waals surface area (Å²) in [4.78, 5) is 11.9. The fourth-order valence-electron chi connectivity index (χ4n) is 3.53. The van der Waals surface area contributed by atoms with E-state index >= 15 is 0 Å². The average Bonchev–Trinajstić information content (AvgIpc) is 2.35. The maximum absolute atomic E-state index is 11.9. The highest BCUT2D eigenvalue weighted by Crippen LogP contribution is 2.47. The van der Waals surface area contributed by atoms with Crippen molar-refractivity contribution < 1.29 is 15.0 Å². The second kappa shape index (κ2) is 6.55. The highest BCUT2D eigenvalue weighted by atomic mass is 16.4. The van der Waals surface area contributed by atoms with Gasteiger partial charge in [-0.05, 0) is 37.5 Å². The average molecular weight is 256 g/mol. The smallest absolute Gasteiger partial charge is 0.310 e. The van der Waals surface area contributed by atoms with Crippen LogP contribution in [0, 0.1) is 17.3 Å². The summed E-state index contributed by atoms with van der Waals surface area (Å²) in [5, 5.41) is 19.7. The van der Waals surface area contributed by atoms with Crippen LogP contribution in [0.5, 0.6) is 0 Å². The van der Waals surface area contributed by atoms with Crippen LogP contribution in [0.3, 0.4) is 0 Å². The van der Waals surface area contributed by atoms with E-state index in [-0.39, 0.29) is 11.8 Å². The van der Waals surface area contributed by atoms with Gasteiger partial charge in [-0.15, -0.1) is 0 Å². The molecule has 0 aromatic rings. The first kappa shape index (κ1) is 15.5. The van der Waals surface area contributed by atoms with E-state index in [1.165, 1.54) is 6.42 Å². The molecule has 3 heteroatoms. The van der Waals surface area contributed by atoms with Gasteiger partial charge in [0.15, 0.2) is 0 Å². The Morgan fingerprint density at radius 3 is 2.22 bits per heavy atom. The number of aliphatic carboxylic acids is 1. The van der Waals surface area contributed by atoms with E-state index in [2.05, 4.69) is 0 Å². The van der Waals surface area contributed by atoms with Crippen LogP contribution in [0.4, 0.5) is 0 Å². The molecular formula is C15H28O3. The largest absolute Gasteiger partial charge is 0.481 e. The van der Waals surface area contributed by atoms with Gasteiger partial charge in [0.05, 0.1) is 11.5 Å². The number of aliphatic hydroxyl groups is 1. The molecule has 0 radical (unpaired) electrons. The third kappa shape index (κ3) is 3.05. The first-order valence-electron chi connectivity index (χ1n) is 7.36. The van der Waals surface area contributed by atoms with Gasteiger partial charge in [-0.3, -0.25) is 4.79 Å². The predicted octanol–water partition coefficient (Wildman–Crippen LogP) is 3.45. The van der Waals surface area contributed by atoms with Crippen LogP contribution >= 0.6 is 0 Å². The maximum atomic E-state index is 11.9. The summed E-state index contributed by atoms with van der Waals surface area (Å²) in [6.45, 7) is 5.90. The number of carboxylic acid groups (broad SMARTS) is 1. The Morgan fingerprint density at radius 1 is 1.28 bits per heavy atom. The highest BCUT2D eigenvalue weighted by Gasteiger charge is 2.49. The second-order valence-electron chi connectivity index (χ2n) is 6.10.